The summed E-state index contributed by atoms with van der Waals surface area (Å²) in [5.74, 6) is 3.31. The van der Waals surface area contributed by atoms with Crippen LogP contribution in [0.4, 0.5) is 0 Å². The Balaban J connectivity index is 1.49. The summed E-state index contributed by atoms with van der Waals surface area (Å²) in [5, 5.41) is 3.22. The fourth-order valence-electron chi connectivity index (χ4n) is 3.96. The lowest BCUT2D eigenvalue weighted by atomic mass is 9.93. The predicted octanol–water partition coefficient (Wildman–Crippen LogP) is 2.81. The molecule has 1 aliphatic heterocycles. The van der Waals surface area contributed by atoms with Crippen LogP contribution in [0.25, 0.3) is 0 Å². The minimum atomic E-state index is -0.394. The molecule has 1 amide bonds. The molecular formula is C17H21NO3. The number of hydrogen-bond acceptors (Lipinski definition) is 3. The molecule has 2 saturated carbocycles. The largest absolute Gasteiger partial charge is 0.454 e. The number of hydrogen-bond donors (Lipinski definition) is 1. The van der Waals surface area contributed by atoms with E-state index in [9.17, 15) is 4.79 Å². The Morgan fingerprint density at radius 3 is 2.67 bits per heavy atom. The zero-order chi connectivity index (χ0) is 14.6. The third kappa shape index (κ3) is 2.08. The second-order valence-corrected chi connectivity index (χ2v) is 6.97. The van der Waals surface area contributed by atoms with E-state index in [1.54, 1.807) is 0 Å². The molecule has 1 aromatic rings. The molecular weight excluding hydrogens is 266 g/mol. The van der Waals surface area contributed by atoms with Crippen molar-refractivity contribution in [3.05, 3.63) is 23.8 Å². The highest BCUT2D eigenvalue weighted by Crippen LogP contribution is 2.57. The second kappa shape index (κ2) is 4.39. The van der Waals surface area contributed by atoms with Crippen molar-refractivity contribution >= 4 is 5.91 Å². The molecule has 0 saturated heterocycles. The number of carbonyl (C=O) groups is 1. The van der Waals surface area contributed by atoms with Crippen molar-refractivity contribution in [2.24, 2.45) is 17.8 Å². The lowest BCUT2D eigenvalue weighted by molar-refractivity contribution is -0.124. The van der Waals surface area contributed by atoms with E-state index in [0.717, 1.165) is 17.1 Å². The molecule has 2 aliphatic carbocycles. The molecule has 0 bridgehead atoms. The first kappa shape index (κ1) is 13.0. The van der Waals surface area contributed by atoms with Gasteiger partial charge in [-0.3, -0.25) is 4.79 Å². The number of carbonyl (C=O) groups excluding carboxylic acids is 1. The number of nitrogens with one attached hydrogen (secondary N) is 1. The van der Waals surface area contributed by atoms with Crippen LogP contribution in [-0.2, 0) is 10.3 Å². The van der Waals surface area contributed by atoms with E-state index in [1.807, 2.05) is 32.0 Å². The van der Waals surface area contributed by atoms with E-state index in [4.69, 9.17) is 9.47 Å². The summed E-state index contributed by atoms with van der Waals surface area (Å²) in [7, 11) is 0. The third-order valence-electron chi connectivity index (χ3n) is 5.24. The summed E-state index contributed by atoms with van der Waals surface area (Å²) in [6.07, 6.45) is 3.76. The van der Waals surface area contributed by atoms with E-state index in [2.05, 4.69) is 5.32 Å². The van der Waals surface area contributed by atoms with Crippen LogP contribution in [-0.4, -0.2) is 12.7 Å². The molecule has 1 N–H and O–H groups in total. The SMILES string of the molecule is CC(C)(NC(=O)C1C2CCCC21)c1ccc2c(c1)OCO2. The van der Waals surface area contributed by atoms with Gasteiger partial charge < -0.3 is 14.8 Å². The number of ether oxygens (including phenoxy) is 2. The van der Waals surface area contributed by atoms with Gasteiger partial charge in [-0.15, -0.1) is 0 Å². The Bertz CT molecular complexity index is 586. The Kier molecular flexibility index (Phi) is 2.72. The zero-order valence-electron chi connectivity index (χ0n) is 12.5. The van der Waals surface area contributed by atoms with Crippen molar-refractivity contribution in [1.29, 1.82) is 0 Å². The molecule has 4 rings (SSSR count). The van der Waals surface area contributed by atoms with Crippen LogP contribution in [0.1, 0.15) is 38.7 Å². The van der Waals surface area contributed by atoms with Crippen LogP contribution in [0, 0.1) is 17.8 Å². The summed E-state index contributed by atoms with van der Waals surface area (Å²) < 4.78 is 10.8. The molecule has 1 aromatic carbocycles. The van der Waals surface area contributed by atoms with Gasteiger partial charge in [0.2, 0.25) is 12.7 Å². The van der Waals surface area contributed by atoms with Crippen LogP contribution < -0.4 is 14.8 Å². The highest BCUT2D eigenvalue weighted by atomic mass is 16.7. The van der Waals surface area contributed by atoms with Crippen molar-refractivity contribution in [2.75, 3.05) is 6.79 Å². The number of fused-ring (bicyclic) bond motifs is 2. The first-order valence-corrected chi connectivity index (χ1v) is 7.78. The van der Waals surface area contributed by atoms with Gasteiger partial charge >= 0.3 is 0 Å². The molecule has 21 heavy (non-hydrogen) atoms. The van der Waals surface area contributed by atoms with Gasteiger partial charge in [0, 0.05) is 5.92 Å². The molecule has 3 aliphatic rings. The maximum Gasteiger partial charge on any atom is 0.231 e. The molecule has 1 heterocycles. The molecule has 2 unspecified atom stereocenters. The van der Waals surface area contributed by atoms with Crippen LogP contribution in [0.5, 0.6) is 11.5 Å². The average molecular weight is 287 g/mol. The number of amides is 1. The fourth-order valence-corrected chi connectivity index (χ4v) is 3.96. The van der Waals surface area contributed by atoms with Crippen LogP contribution >= 0.6 is 0 Å². The van der Waals surface area contributed by atoms with E-state index in [1.165, 1.54) is 19.3 Å². The molecule has 2 atom stereocenters. The van der Waals surface area contributed by atoms with Crippen LogP contribution in [0.15, 0.2) is 18.2 Å². The zero-order valence-corrected chi connectivity index (χ0v) is 12.5. The third-order valence-corrected chi connectivity index (χ3v) is 5.24. The van der Waals surface area contributed by atoms with Crippen LogP contribution in [0.3, 0.4) is 0 Å². The normalized spacial score (nSPS) is 29.1. The number of benzene rings is 1. The highest BCUT2D eigenvalue weighted by Gasteiger charge is 2.56. The minimum Gasteiger partial charge on any atom is -0.454 e. The van der Waals surface area contributed by atoms with Crippen LogP contribution in [0.2, 0.25) is 0 Å². The quantitative estimate of drug-likeness (QED) is 0.930. The lowest BCUT2D eigenvalue weighted by Crippen LogP contribution is -2.42. The molecule has 2 fully saturated rings. The van der Waals surface area contributed by atoms with E-state index in [-0.39, 0.29) is 18.6 Å². The molecule has 112 valence electrons. The molecule has 0 aromatic heterocycles. The Hall–Kier alpha value is -1.71. The Morgan fingerprint density at radius 1 is 1.19 bits per heavy atom. The topological polar surface area (TPSA) is 47.6 Å². The Labute approximate surface area is 124 Å². The van der Waals surface area contributed by atoms with E-state index in [0.29, 0.717) is 11.8 Å². The van der Waals surface area contributed by atoms with Gasteiger partial charge in [0.25, 0.3) is 0 Å². The first-order chi connectivity index (χ1) is 10.1. The standard InChI is InChI=1S/C17H21NO3/c1-17(2,10-6-7-13-14(8-10)21-9-20-13)18-16(19)15-11-4-3-5-12(11)15/h6-8,11-12,15H,3-5,9H2,1-2H3,(H,18,19). The molecule has 4 nitrogen and oxygen atoms in total. The summed E-state index contributed by atoms with van der Waals surface area (Å²) in [6.45, 7) is 4.36. The van der Waals surface area contributed by atoms with E-state index < -0.39 is 5.54 Å². The predicted molar refractivity (Wildman–Crippen MR) is 78.1 cm³/mol. The van der Waals surface area contributed by atoms with Gasteiger partial charge in [-0.2, -0.15) is 0 Å². The van der Waals surface area contributed by atoms with Gasteiger partial charge in [0.05, 0.1) is 5.54 Å². The molecule has 0 radical (unpaired) electrons. The smallest absolute Gasteiger partial charge is 0.231 e. The van der Waals surface area contributed by atoms with Crippen molar-refractivity contribution in [2.45, 2.75) is 38.6 Å². The summed E-state index contributed by atoms with van der Waals surface area (Å²) >= 11 is 0. The fraction of sp³-hybridized carbons (Fsp3) is 0.588. The van der Waals surface area contributed by atoms with Gasteiger partial charge in [-0.05, 0) is 56.2 Å². The van der Waals surface area contributed by atoms with Gasteiger partial charge in [0.1, 0.15) is 0 Å². The van der Waals surface area contributed by atoms with Gasteiger partial charge in [-0.25, -0.2) is 0 Å². The highest BCUT2D eigenvalue weighted by molar-refractivity contribution is 5.83. The Morgan fingerprint density at radius 2 is 1.90 bits per heavy atom. The number of rotatable bonds is 3. The first-order valence-electron chi connectivity index (χ1n) is 7.78. The van der Waals surface area contributed by atoms with Crippen molar-refractivity contribution in [3.63, 3.8) is 0 Å². The maximum absolute atomic E-state index is 12.5. The van der Waals surface area contributed by atoms with Crippen molar-refractivity contribution in [3.8, 4) is 11.5 Å². The monoisotopic (exact) mass is 287 g/mol. The van der Waals surface area contributed by atoms with E-state index >= 15 is 0 Å². The summed E-state index contributed by atoms with van der Waals surface area (Å²) in [5.41, 5.74) is 0.653. The van der Waals surface area contributed by atoms with Gasteiger partial charge in [0.15, 0.2) is 11.5 Å². The van der Waals surface area contributed by atoms with Gasteiger partial charge in [-0.1, -0.05) is 12.5 Å². The lowest BCUT2D eigenvalue weighted by Gasteiger charge is -2.27. The van der Waals surface area contributed by atoms with Crippen molar-refractivity contribution in [1.82, 2.24) is 5.32 Å². The average Bonchev–Trinajstić information content (AvgIpc) is 2.83. The summed E-state index contributed by atoms with van der Waals surface area (Å²) in [4.78, 5) is 12.5. The van der Waals surface area contributed by atoms with Crippen molar-refractivity contribution < 1.29 is 14.3 Å². The maximum atomic E-state index is 12.5. The molecule has 4 heteroatoms. The molecule has 0 spiro atoms. The second-order valence-electron chi connectivity index (χ2n) is 6.97. The minimum absolute atomic E-state index is 0.215. The summed E-state index contributed by atoms with van der Waals surface area (Å²) in [6, 6.07) is 5.88.